The van der Waals surface area contributed by atoms with Crippen molar-refractivity contribution in [2.75, 3.05) is 0 Å². The summed E-state index contributed by atoms with van der Waals surface area (Å²) in [5.41, 5.74) is 0.143. The summed E-state index contributed by atoms with van der Waals surface area (Å²) in [4.78, 5) is 14.3. The molecular formula is C10H4BrN3O2. The van der Waals surface area contributed by atoms with E-state index >= 15 is 0 Å². The van der Waals surface area contributed by atoms with Crippen molar-refractivity contribution in [3.05, 3.63) is 44.7 Å². The van der Waals surface area contributed by atoms with Gasteiger partial charge in [-0.15, -0.1) is 0 Å². The number of pyridine rings is 1. The molecule has 0 spiro atoms. The largest absolute Gasteiger partial charge is 0.291 e. The number of nitro groups is 1. The minimum atomic E-state index is -0.479. The van der Waals surface area contributed by atoms with Crippen molar-refractivity contribution < 1.29 is 4.92 Å². The molecular weight excluding hydrogens is 274 g/mol. The number of rotatable bonds is 1. The smallest absolute Gasteiger partial charge is 0.258 e. The van der Waals surface area contributed by atoms with Crippen LogP contribution < -0.4 is 0 Å². The molecule has 6 heteroatoms. The first-order valence-electron chi connectivity index (χ1n) is 4.27. The van der Waals surface area contributed by atoms with E-state index in [0.29, 0.717) is 15.2 Å². The van der Waals surface area contributed by atoms with E-state index in [1.54, 1.807) is 12.1 Å². The lowest BCUT2D eigenvalue weighted by atomic mass is 10.1. The van der Waals surface area contributed by atoms with E-state index in [-0.39, 0.29) is 11.4 Å². The van der Waals surface area contributed by atoms with Gasteiger partial charge in [-0.3, -0.25) is 10.1 Å². The molecule has 0 aliphatic rings. The van der Waals surface area contributed by atoms with Crippen LogP contribution in [0.2, 0.25) is 0 Å². The number of nitrogens with zero attached hydrogens (tertiary/aromatic N) is 3. The summed E-state index contributed by atoms with van der Waals surface area (Å²) in [6, 6.07) is 6.61. The van der Waals surface area contributed by atoms with E-state index in [4.69, 9.17) is 5.26 Å². The zero-order valence-corrected chi connectivity index (χ0v) is 9.43. The number of nitro benzene ring substituents is 1. The molecule has 1 aromatic heterocycles. The highest BCUT2D eigenvalue weighted by Crippen LogP contribution is 2.33. The molecule has 0 unspecified atom stereocenters. The van der Waals surface area contributed by atoms with Gasteiger partial charge in [-0.25, -0.2) is 4.98 Å². The summed E-state index contributed by atoms with van der Waals surface area (Å²) in [6.07, 6.45) is 1.39. The van der Waals surface area contributed by atoms with Gasteiger partial charge in [0.1, 0.15) is 11.8 Å². The van der Waals surface area contributed by atoms with Crippen molar-refractivity contribution >= 4 is 32.4 Å². The molecule has 0 saturated heterocycles. The topological polar surface area (TPSA) is 79.8 Å². The maximum Gasteiger partial charge on any atom is 0.291 e. The molecule has 0 amide bonds. The average Bonchev–Trinajstić information content (AvgIpc) is 2.27. The monoisotopic (exact) mass is 277 g/mol. The Hall–Kier alpha value is -2.00. The van der Waals surface area contributed by atoms with Gasteiger partial charge < -0.3 is 0 Å². The maximum absolute atomic E-state index is 10.9. The molecule has 2 rings (SSSR count). The summed E-state index contributed by atoms with van der Waals surface area (Å²) < 4.78 is 0.389. The number of hydrogen-bond acceptors (Lipinski definition) is 4. The van der Waals surface area contributed by atoms with Crippen LogP contribution in [0.5, 0.6) is 0 Å². The molecule has 0 bridgehead atoms. The van der Waals surface area contributed by atoms with Gasteiger partial charge in [-0.2, -0.15) is 5.26 Å². The molecule has 5 nitrogen and oxygen atoms in total. The van der Waals surface area contributed by atoms with Crippen LogP contribution in [-0.2, 0) is 0 Å². The molecule has 0 atom stereocenters. The fraction of sp³-hybridized carbons (Fsp3) is 0. The Bertz CT molecular complexity index is 634. The molecule has 0 radical (unpaired) electrons. The van der Waals surface area contributed by atoms with Crippen LogP contribution >= 0.6 is 15.9 Å². The van der Waals surface area contributed by atoms with Crippen molar-refractivity contribution in [2.24, 2.45) is 0 Å². The Balaban J connectivity index is 2.96. The quantitative estimate of drug-likeness (QED) is 0.593. The number of hydrogen-bond donors (Lipinski definition) is 0. The van der Waals surface area contributed by atoms with Crippen LogP contribution in [0.25, 0.3) is 10.8 Å². The van der Waals surface area contributed by atoms with Gasteiger partial charge in [-0.1, -0.05) is 0 Å². The van der Waals surface area contributed by atoms with E-state index in [2.05, 4.69) is 20.9 Å². The molecule has 78 valence electrons. The van der Waals surface area contributed by atoms with Crippen LogP contribution in [0.15, 0.2) is 28.9 Å². The molecule has 0 fully saturated rings. The molecule has 0 N–H and O–H groups in total. The average molecular weight is 278 g/mol. The third-order valence-electron chi connectivity index (χ3n) is 2.16. The van der Waals surface area contributed by atoms with Crippen LogP contribution in [-0.4, -0.2) is 9.91 Å². The Morgan fingerprint density at radius 2 is 2.12 bits per heavy atom. The lowest BCUT2D eigenvalue weighted by Gasteiger charge is -2.02. The minimum absolute atomic E-state index is 0.0450. The molecule has 1 heterocycles. The second kappa shape index (κ2) is 3.87. The van der Waals surface area contributed by atoms with Gasteiger partial charge in [-0.05, 0) is 34.1 Å². The number of nitriles is 1. The first kappa shape index (κ1) is 10.5. The fourth-order valence-electron chi connectivity index (χ4n) is 1.49. The Labute approximate surface area is 98.6 Å². The second-order valence-electron chi connectivity index (χ2n) is 3.02. The minimum Gasteiger partial charge on any atom is -0.258 e. The first-order valence-corrected chi connectivity index (χ1v) is 5.06. The van der Waals surface area contributed by atoms with Crippen LogP contribution in [0.4, 0.5) is 5.69 Å². The normalized spacial score (nSPS) is 10.0. The van der Waals surface area contributed by atoms with Gasteiger partial charge in [0, 0.05) is 11.6 Å². The van der Waals surface area contributed by atoms with E-state index in [1.165, 1.54) is 12.3 Å². The predicted octanol–water partition coefficient (Wildman–Crippen LogP) is 2.78. The van der Waals surface area contributed by atoms with Gasteiger partial charge in [0.05, 0.1) is 14.8 Å². The highest BCUT2D eigenvalue weighted by Gasteiger charge is 2.18. The zero-order chi connectivity index (χ0) is 11.7. The summed E-state index contributed by atoms with van der Waals surface area (Å²) >= 11 is 3.12. The SMILES string of the molecule is N#Cc1nccc2c([N+](=O)[O-])c(Br)ccc12. The van der Waals surface area contributed by atoms with Crippen molar-refractivity contribution in [2.45, 2.75) is 0 Å². The third-order valence-corrected chi connectivity index (χ3v) is 2.80. The van der Waals surface area contributed by atoms with E-state index in [0.717, 1.165) is 0 Å². The predicted molar refractivity (Wildman–Crippen MR) is 60.8 cm³/mol. The van der Waals surface area contributed by atoms with Crippen molar-refractivity contribution in [1.29, 1.82) is 5.26 Å². The maximum atomic E-state index is 10.9. The molecule has 0 aliphatic carbocycles. The van der Waals surface area contributed by atoms with Crippen LogP contribution in [0.3, 0.4) is 0 Å². The zero-order valence-electron chi connectivity index (χ0n) is 7.85. The number of benzene rings is 1. The number of fused-ring (bicyclic) bond motifs is 1. The van der Waals surface area contributed by atoms with Crippen LogP contribution in [0, 0.1) is 21.4 Å². The van der Waals surface area contributed by atoms with Crippen molar-refractivity contribution in [3.8, 4) is 6.07 Å². The van der Waals surface area contributed by atoms with E-state index < -0.39 is 4.92 Å². The fourth-order valence-corrected chi connectivity index (χ4v) is 1.98. The van der Waals surface area contributed by atoms with E-state index in [9.17, 15) is 10.1 Å². The second-order valence-corrected chi connectivity index (χ2v) is 3.87. The third kappa shape index (κ3) is 1.51. The summed E-state index contributed by atoms with van der Waals surface area (Å²) in [5, 5.41) is 20.6. The molecule has 1 aromatic carbocycles. The first-order chi connectivity index (χ1) is 7.65. The van der Waals surface area contributed by atoms with Gasteiger partial charge >= 0.3 is 0 Å². The summed E-state index contributed by atoms with van der Waals surface area (Å²) in [6.45, 7) is 0. The highest BCUT2D eigenvalue weighted by atomic mass is 79.9. The molecule has 0 aliphatic heterocycles. The molecule has 2 aromatic rings. The van der Waals surface area contributed by atoms with Gasteiger partial charge in [0.15, 0.2) is 0 Å². The Kier molecular flexibility index (Phi) is 2.54. The van der Waals surface area contributed by atoms with E-state index in [1.807, 2.05) is 6.07 Å². The highest BCUT2D eigenvalue weighted by molar-refractivity contribution is 9.10. The Morgan fingerprint density at radius 1 is 1.38 bits per heavy atom. The Morgan fingerprint density at radius 3 is 2.75 bits per heavy atom. The molecule has 0 saturated carbocycles. The van der Waals surface area contributed by atoms with Crippen LogP contribution in [0.1, 0.15) is 5.69 Å². The summed E-state index contributed by atoms with van der Waals surface area (Å²) in [5.74, 6) is 0. The molecule has 16 heavy (non-hydrogen) atoms. The van der Waals surface area contributed by atoms with Crippen molar-refractivity contribution in [1.82, 2.24) is 4.98 Å². The summed E-state index contributed by atoms with van der Waals surface area (Å²) in [7, 11) is 0. The standard InChI is InChI=1S/C10H4BrN3O2/c11-8-2-1-6-7(10(8)14(15)16)3-4-13-9(6)5-12/h1-4H. The lowest BCUT2D eigenvalue weighted by molar-refractivity contribution is -0.383. The number of halogens is 1. The van der Waals surface area contributed by atoms with Gasteiger partial charge in [0.25, 0.3) is 5.69 Å². The van der Waals surface area contributed by atoms with Gasteiger partial charge in [0.2, 0.25) is 0 Å². The number of aromatic nitrogens is 1. The van der Waals surface area contributed by atoms with Crippen molar-refractivity contribution in [3.63, 3.8) is 0 Å². The lowest BCUT2D eigenvalue weighted by Crippen LogP contribution is -1.93.